The van der Waals surface area contributed by atoms with Crippen molar-refractivity contribution in [2.24, 2.45) is 0 Å². The van der Waals surface area contributed by atoms with Gasteiger partial charge in [-0.2, -0.15) is 0 Å². The Balaban J connectivity index is 1.99. The van der Waals surface area contributed by atoms with Crippen LogP contribution in [0, 0.1) is 0 Å². The van der Waals surface area contributed by atoms with Crippen molar-refractivity contribution >= 4 is 17.5 Å². The maximum absolute atomic E-state index is 11.7. The molecule has 0 fully saturated rings. The van der Waals surface area contributed by atoms with Crippen molar-refractivity contribution in [2.75, 3.05) is 0 Å². The van der Waals surface area contributed by atoms with Gasteiger partial charge in [0.15, 0.2) is 0 Å². The van der Waals surface area contributed by atoms with Crippen LogP contribution in [0.3, 0.4) is 0 Å². The molecular weight excluding hydrogens is 296 g/mol. The van der Waals surface area contributed by atoms with E-state index in [1.165, 1.54) is 5.56 Å². The van der Waals surface area contributed by atoms with Gasteiger partial charge in [0, 0.05) is 29.4 Å². The molecule has 3 nitrogen and oxygen atoms in total. The quantitative estimate of drug-likeness (QED) is 0.917. The molecule has 22 heavy (non-hydrogen) atoms. The SMILES string of the molecule is CCC(=O)NC1CCCc2c(-c3ccc(Cl)cc3)cncc21. The van der Waals surface area contributed by atoms with E-state index in [1.807, 2.05) is 43.6 Å². The smallest absolute Gasteiger partial charge is 0.220 e. The number of rotatable bonds is 3. The lowest BCUT2D eigenvalue weighted by Crippen LogP contribution is -2.30. The number of pyridine rings is 1. The summed E-state index contributed by atoms with van der Waals surface area (Å²) in [6.07, 6.45) is 7.39. The van der Waals surface area contributed by atoms with Crippen LogP contribution >= 0.6 is 11.6 Å². The van der Waals surface area contributed by atoms with Crippen molar-refractivity contribution in [1.82, 2.24) is 10.3 Å². The Morgan fingerprint density at radius 1 is 1.32 bits per heavy atom. The van der Waals surface area contributed by atoms with Gasteiger partial charge in [-0.3, -0.25) is 9.78 Å². The molecule has 1 atom stereocenters. The van der Waals surface area contributed by atoms with E-state index in [9.17, 15) is 4.79 Å². The maximum atomic E-state index is 11.7. The predicted molar refractivity (Wildman–Crippen MR) is 88.8 cm³/mol. The number of fused-ring (bicyclic) bond motifs is 1. The maximum Gasteiger partial charge on any atom is 0.220 e. The Morgan fingerprint density at radius 2 is 2.09 bits per heavy atom. The van der Waals surface area contributed by atoms with E-state index in [0.29, 0.717) is 6.42 Å². The van der Waals surface area contributed by atoms with E-state index in [2.05, 4.69) is 10.3 Å². The summed E-state index contributed by atoms with van der Waals surface area (Å²) < 4.78 is 0. The van der Waals surface area contributed by atoms with Crippen LogP contribution in [0.4, 0.5) is 0 Å². The summed E-state index contributed by atoms with van der Waals surface area (Å²) in [5.41, 5.74) is 4.71. The lowest BCUT2D eigenvalue weighted by molar-refractivity contribution is -0.121. The Morgan fingerprint density at radius 3 is 2.82 bits per heavy atom. The summed E-state index contributed by atoms with van der Waals surface area (Å²) in [6, 6.07) is 7.92. The molecule has 0 bridgehead atoms. The number of carbonyl (C=O) groups excluding carboxylic acids is 1. The highest BCUT2D eigenvalue weighted by Crippen LogP contribution is 2.35. The molecule has 0 spiro atoms. The van der Waals surface area contributed by atoms with Crippen LogP contribution in [0.2, 0.25) is 5.02 Å². The first-order valence-electron chi connectivity index (χ1n) is 7.71. The fourth-order valence-corrected chi connectivity index (χ4v) is 3.17. The Kier molecular flexibility index (Phi) is 4.44. The number of hydrogen-bond donors (Lipinski definition) is 1. The number of hydrogen-bond acceptors (Lipinski definition) is 2. The number of benzene rings is 1. The molecule has 0 aliphatic heterocycles. The van der Waals surface area contributed by atoms with Gasteiger partial charge in [0.25, 0.3) is 0 Å². The van der Waals surface area contributed by atoms with Crippen LogP contribution in [-0.2, 0) is 11.2 Å². The van der Waals surface area contributed by atoms with Gasteiger partial charge < -0.3 is 5.32 Å². The second-order valence-corrected chi connectivity index (χ2v) is 6.06. The summed E-state index contributed by atoms with van der Waals surface area (Å²) >= 11 is 5.98. The minimum absolute atomic E-state index is 0.0796. The highest BCUT2D eigenvalue weighted by Gasteiger charge is 2.24. The summed E-state index contributed by atoms with van der Waals surface area (Å²) in [7, 11) is 0. The monoisotopic (exact) mass is 314 g/mol. The molecule has 4 heteroatoms. The first-order valence-corrected chi connectivity index (χ1v) is 8.09. The number of carbonyl (C=O) groups is 1. The molecule has 0 saturated heterocycles. The second kappa shape index (κ2) is 6.49. The lowest BCUT2D eigenvalue weighted by atomic mass is 9.84. The predicted octanol–water partition coefficient (Wildman–Crippen LogP) is 4.31. The van der Waals surface area contributed by atoms with Crippen molar-refractivity contribution in [3.8, 4) is 11.1 Å². The summed E-state index contributed by atoms with van der Waals surface area (Å²) in [5.74, 6) is 0.0924. The van der Waals surface area contributed by atoms with E-state index in [-0.39, 0.29) is 11.9 Å². The van der Waals surface area contributed by atoms with E-state index >= 15 is 0 Å². The average Bonchev–Trinajstić information content (AvgIpc) is 2.55. The van der Waals surface area contributed by atoms with E-state index < -0.39 is 0 Å². The highest BCUT2D eigenvalue weighted by atomic mass is 35.5. The Bertz CT molecular complexity index is 682. The number of amides is 1. The van der Waals surface area contributed by atoms with Gasteiger partial charge in [-0.15, -0.1) is 0 Å². The molecule has 1 N–H and O–H groups in total. The van der Waals surface area contributed by atoms with Crippen molar-refractivity contribution < 1.29 is 4.79 Å². The molecule has 0 saturated carbocycles. The van der Waals surface area contributed by atoms with Crippen molar-refractivity contribution in [3.63, 3.8) is 0 Å². The number of nitrogens with one attached hydrogen (secondary N) is 1. The zero-order valence-corrected chi connectivity index (χ0v) is 13.4. The van der Waals surface area contributed by atoms with Crippen molar-refractivity contribution in [1.29, 1.82) is 0 Å². The second-order valence-electron chi connectivity index (χ2n) is 5.63. The molecular formula is C18H19ClN2O. The molecule has 1 aromatic heterocycles. The number of aromatic nitrogens is 1. The molecule has 114 valence electrons. The molecule has 0 radical (unpaired) electrons. The van der Waals surface area contributed by atoms with Crippen LogP contribution in [0.5, 0.6) is 0 Å². The minimum Gasteiger partial charge on any atom is -0.349 e. The van der Waals surface area contributed by atoms with E-state index in [0.717, 1.165) is 41.0 Å². The van der Waals surface area contributed by atoms with Crippen LogP contribution in [0.15, 0.2) is 36.7 Å². The zero-order chi connectivity index (χ0) is 15.5. The number of nitrogens with zero attached hydrogens (tertiary/aromatic N) is 1. The molecule has 1 heterocycles. The largest absolute Gasteiger partial charge is 0.349 e. The van der Waals surface area contributed by atoms with Gasteiger partial charge in [-0.05, 0) is 48.1 Å². The fourth-order valence-electron chi connectivity index (χ4n) is 3.05. The van der Waals surface area contributed by atoms with Gasteiger partial charge in [0.05, 0.1) is 6.04 Å². The standard InChI is InChI=1S/C18H19ClN2O/c1-2-18(22)21-17-5-3-4-14-15(10-20-11-16(14)17)12-6-8-13(19)9-7-12/h6-11,17H,2-5H2,1H3,(H,21,22). The van der Waals surface area contributed by atoms with Crippen LogP contribution < -0.4 is 5.32 Å². The zero-order valence-electron chi connectivity index (χ0n) is 12.6. The normalized spacial score (nSPS) is 16.9. The molecule has 1 aromatic carbocycles. The van der Waals surface area contributed by atoms with E-state index in [4.69, 9.17) is 11.6 Å². The lowest BCUT2D eigenvalue weighted by Gasteiger charge is -2.27. The van der Waals surface area contributed by atoms with Gasteiger partial charge >= 0.3 is 0 Å². The third-order valence-corrected chi connectivity index (χ3v) is 4.45. The summed E-state index contributed by atoms with van der Waals surface area (Å²) in [4.78, 5) is 16.1. The molecule has 3 rings (SSSR count). The molecule has 1 aliphatic rings. The van der Waals surface area contributed by atoms with E-state index in [1.54, 1.807) is 0 Å². The van der Waals surface area contributed by atoms with Crippen molar-refractivity contribution in [2.45, 2.75) is 38.6 Å². The topological polar surface area (TPSA) is 42.0 Å². The Hall–Kier alpha value is -1.87. The summed E-state index contributed by atoms with van der Waals surface area (Å²) in [6.45, 7) is 1.88. The van der Waals surface area contributed by atoms with Gasteiger partial charge in [0.2, 0.25) is 5.91 Å². The highest BCUT2D eigenvalue weighted by molar-refractivity contribution is 6.30. The van der Waals surface area contributed by atoms with Gasteiger partial charge in [-0.25, -0.2) is 0 Å². The van der Waals surface area contributed by atoms with Gasteiger partial charge in [-0.1, -0.05) is 30.7 Å². The molecule has 2 aromatic rings. The first kappa shape index (κ1) is 15.0. The fraction of sp³-hybridized carbons (Fsp3) is 0.333. The molecule has 1 amide bonds. The molecule has 1 unspecified atom stereocenters. The summed E-state index contributed by atoms with van der Waals surface area (Å²) in [5, 5.41) is 3.84. The minimum atomic E-state index is 0.0796. The average molecular weight is 315 g/mol. The number of halogens is 1. The Labute approximate surface area is 135 Å². The third-order valence-electron chi connectivity index (χ3n) is 4.20. The van der Waals surface area contributed by atoms with Crippen molar-refractivity contribution in [3.05, 3.63) is 52.8 Å². The van der Waals surface area contributed by atoms with Crippen LogP contribution in [-0.4, -0.2) is 10.9 Å². The van der Waals surface area contributed by atoms with Crippen LogP contribution in [0.25, 0.3) is 11.1 Å². The molecule has 1 aliphatic carbocycles. The van der Waals surface area contributed by atoms with Gasteiger partial charge in [0.1, 0.15) is 0 Å². The van der Waals surface area contributed by atoms with Crippen LogP contribution in [0.1, 0.15) is 43.4 Å². The third kappa shape index (κ3) is 3.00. The first-order chi connectivity index (χ1) is 10.7.